The van der Waals surface area contributed by atoms with Gasteiger partial charge in [0, 0.05) is 18.5 Å². The molecule has 1 saturated carbocycles. The van der Waals surface area contributed by atoms with Gasteiger partial charge in [-0.1, -0.05) is 53.8 Å². The average molecular weight is 480 g/mol. The van der Waals surface area contributed by atoms with E-state index in [9.17, 15) is 14.7 Å². The number of hydrogen-bond donors (Lipinski definition) is 2. The van der Waals surface area contributed by atoms with Gasteiger partial charge in [-0.05, 0) is 67.2 Å². The fourth-order valence-electron chi connectivity index (χ4n) is 4.66. The minimum Gasteiger partial charge on any atom is -0.481 e. The van der Waals surface area contributed by atoms with Crippen LogP contribution < -0.4 is 4.90 Å². The Morgan fingerprint density at radius 1 is 1.03 bits per heavy atom. The summed E-state index contributed by atoms with van der Waals surface area (Å²) < 4.78 is 0. The third-order valence-corrected chi connectivity index (χ3v) is 7.29. The van der Waals surface area contributed by atoms with Crippen molar-refractivity contribution in [1.82, 2.24) is 10.2 Å². The van der Waals surface area contributed by atoms with Gasteiger partial charge in [-0.15, -0.1) is 10.2 Å². The van der Waals surface area contributed by atoms with Crippen LogP contribution in [0.5, 0.6) is 0 Å². The molecule has 1 amide bonds. The minimum atomic E-state index is -0.720. The molecule has 3 aromatic rings. The van der Waals surface area contributed by atoms with E-state index in [1.165, 1.54) is 16.9 Å². The van der Waals surface area contributed by atoms with Crippen LogP contribution in [0.15, 0.2) is 60.1 Å². The molecule has 0 aliphatic heterocycles. The molecule has 4 rings (SSSR count). The summed E-state index contributed by atoms with van der Waals surface area (Å²) in [5.74, 6) is -0.230. The highest BCUT2D eigenvalue weighted by Crippen LogP contribution is 2.37. The Labute approximate surface area is 203 Å². The lowest BCUT2D eigenvalue weighted by atomic mass is 9.77. The molecule has 7 nitrogen and oxygen atoms in total. The Hall–Kier alpha value is -3.10. The fourth-order valence-corrected chi connectivity index (χ4v) is 5.25. The van der Waals surface area contributed by atoms with E-state index in [0.717, 1.165) is 31.2 Å². The molecule has 1 unspecified atom stereocenters. The van der Waals surface area contributed by atoms with Crippen LogP contribution in [-0.2, 0) is 4.79 Å². The summed E-state index contributed by atoms with van der Waals surface area (Å²) in [4.78, 5) is 25.9. The smallest absolute Gasteiger partial charge is 0.303 e. The van der Waals surface area contributed by atoms with Crippen LogP contribution in [-0.4, -0.2) is 38.8 Å². The summed E-state index contributed by atoms with van der Waals surface area (Å²) in [6, 6.07) is 17.1. The van der Waals surface area contributed by atoms with Crippen molar-refractivity contribution in [3.63, 3.8) is 0 Å². The first-order valence-electron chi connectivity index (χ1n) is 11.6. The van der Waals surface area contributed by atoms with Crippen LogP contribution in [0.3, 0.4) is 0 Å². The van der Waals surface area contributed by atoms with Gasteiger partial charge in [0.25, 0.3) is 5.91 Å². The Kier molecular flexibility index (Phi) is 8.03. The van der Waals surface area contributed by atoms with Gasteiger partial charge in [0.2, 0.25) is 5.13 Å². The van der Waals surface area contributed by atoms with E-state index in [-0.39, 0.29) is 18.2 Å². The zero-order valence-corrected chi connectivity index (χ0v) is 19.7. The number of anilines is 1. The Morgan fingerprint density at radius 3 is 2.35 bits per heavy atom. The van der Waals surface area contributed by atoms with Gasteiger partial charge in [0.1, 0.15) is 5.51 Å². The molecule has 2 aromatic carbocycles. The van der Waals surface area contributed by atoms with Crippen LogP contribution >= 0.6 is 11.3 Å². The fraction of sp³-hybridized carbons (Fsp3) is 0.385. The van der Waals surface area contributed by atoms with E-state index in [1.807, 2.05) is 54.6 Å². The van der Waals surface area contributed by atoms with Crippen molar-refractivity contribution < 1.29 is 19.8 Å². The molecule has 0 radical (unpaired) electrons. The standard InChI is InChI=1S/C26H29N3O4S/c30-23(21-4-2-1-3-5-21)14-15-29(26-28-27-17-34-26)25(33)22-12-10-20(11-13-22)19-8-6-18(7-9-19)16-24(31)32/h1-5,10-13,17-19,23,30H,6-9,14-16H2,(H,31,32). The SMILES string of the molecule is O=C(O)CC1CCC(c2ccc(C(=O)N(CCC(O)c3ccccc3)c3nncs3)cc2)CC1. The minimum absolute atomic E-state index is 0.172. The van der Waals surface area contributed by atoms with Gasteiger partial charge in [-0.25, -0.2) is 0 Å². The van der Waals surface area contributed by atoms with Gasteiger partial charge in [-0.2, -0.15) is 0 Å². The lowest BCUT2D eigenvalue weighted by Gasteiger charge is -2.28. The van der Waals surface area contributed by atoms with Crippen LogP contribution in [0.2, 0.25) is 0 Å². The number of benzene rings is 2. The lowest BCUT2D eigenvalue weighted by Crippen LogP contribution is -2.32. The lowest BCUT2D eigenvalue weighted by molar-refractivity contribution is -0.138. The molecular formula is C26H29N3O4S. The highest BCUT2D eigenvalue weighted by Gasteiger charge is 2.25. The number of aliphatic hydroxyl groups is 1. The third kappa shape index (κ3) is 6.07. The molecule has 1 atom stereocenters. The molecule has 178 valence electrons. The van der Waals surface area contributed by atoms with Crippen molar-refractivity contribution in [2.24, 2.45) is 5.92 Å². The number of carboxylic acid groups (broad SMARTS) is 1. The molecule has 1 aliphatic rings. The molecule has 0 saturated heterocycles. The first-order valence-corrected chi connectivity index (χ1v) is 12.5. The van der Waals surface area contributed by atoms with Gasteiger partial charge >= 0.3 is 5.97 Å². The number of aliphatic carboxylic acids is 1. The summed E-state index contributed by atoms with van der Waals surface area (Å²) in [5.41, 5.74) is 4.15. The quantitative estimate of drug-likeness (QED) is 0.445. The Morgan fingerprint density at radius 2 is 1.74 bits per heavy atom. The number of amides is 1. The normalized spacial score (nSPS) is 18.9. The molecule has 1 heterocycles. The summed E-state index contributed by atoms with van der Waals surface area (Å²) in [7, 11) is 0. The topological polar surface area (TPSA) is 104 Å². The number of hydrogen-bond acceptors (Lipinski definition) is 6. The van der Waals surface area contributed by atoms with Gasteiger partial charge in [-0.3, -0.25) is 14.5 Å². The summed E-state index contributed by atoms with van der Waals surface area (Å²) in [6.45, 7) is 0.319. The van der Waals surface area contributed by atoms with Crippen molar-refractivity contribution in [1.29, 1.82) is 0 Å². The second kappa shape index (κ2) is 11.4. The highest BCUT2D eigenvalue weighted by atomic mass is 32.1. The summed E-state index contributed by atoms with van der Waals surface area (Å²) in [6.07, 6.45) is 3.74. The number of nitrogens with zero attached hydrogens (tertiary/aromatic N) is 3. The second-order valence-electron chi connectivity index (χ2n) is 8.83. The first-order chi connectivity index (χ1) is 16.5. The largest absolute Gasteiger partial charge is 0.481 e. The molecule has 0 spiro atoms. The first kappa shape index (κ1) is 24.0. The van der Waals surface area contributed by atoms with E-state index in [4.69, 9.17) is 5.11 Å². The molecule has 34 heavy (non-hydrogen) atoms. The van der Waals surface area contributed by atoms with Crippen molar-refractivity contribution in [3.05, 3.63) is 76.8 Å². The predicted molar refractivity (Wildman–Crippen MR) is 131 cm³/mol. The van der Waals surface area contributed by atoms with Crippen LogP contribution in [0.1, 0.15) is 72.0 Å². The zero-order valence-electron chi connectivity index (χ0n) is 18.9. The molecule has 0 bridgehead atoms. The van der Waals surface area contributed by atoms with Gasteiger partial charge in [0.05, 0.1) is 6.10 Å². The number of carbonyl (C=O) groups excluding carboxylic acids is 1. The van der Waals surface area contributed by atoms with E-state index in [1.54, 1.807) is 10.4 Å². The van der Waals surface area contributed by atoms with Crippen molar-refractivity contribution in [2.75, 3.05) is 11.4 Å². The number of rotatable bonds is 9. The van der Waals surface area contributed by atoms with Crippen LogP contribution in [0.4, 0.5) is 5.13 Å². The van der Waals surface area contributed by atoms with E-state index >= 15 is 0 Å². The number of aromatic nitrogens is 2. The number of aliphatic hydroxyl groups excluding tert-OH is 1. The van der Waals surface area contributed by atoms with Crippen molar-refractivity contribution in [3.8, 4) is 0 Å². The monoisotopic (exact) mass is 479 g/mol. The van der Waals surface area contributed by atoms with E-state index < -0.39 is 12.1 Å². The van der Waals surface area contributed by atoms with E-state index in [0.29, 0.717) is 29.6 Å². The molecule has 1 aromatic heterocycles. The maximum atomic E-state index is 13.4. The molecular weight excluding hydrogens is 450 g/mol. The summed E-state index contributed by atoms with van der Waals surface area (Å²) >= 11 is 1.29. The third-order valence-electron chi connectivity index (χ3n) is 6.57. The van der Waals surface area contributed by atoms with E-state index in [2.05, 4.69) is 10.2 Å². The van der Waals surface area contributed by atoms with Gasteiger partial charge < -0.3 is 10.2 Å². The zero-order chi connectivity index (χ0) is 23.9. The maximum absolute atomic E-state index is 13.4. The molecule has 1 fully saturated rings. The Bertz CT molecular complexity index is 1070. The molecule has 2 N–H and O–H groups in total. The number of carbonyl (C=O) groups is 2. The van der Waals surface area contributed by atoms with Crippen molar-refractivity contribution in [2.45, 2.75) is 50.5 Å². The highest BCUT2D eigenvalue weighted by molar-refractivity contribution is 7.13. The van der Waals surface area contributed by atoms with Crippen LogP contribution in [0, 0.1) is 5.92 Å². The maximum Gasteiger partial charge on any atom is 0.303 e. The van der Waals surface area contributed by atoms with Crippen LogP contribution in [0.25, 0.3) is 0 Å². The average Bonchev–Trinajstić information content (AvgIpc) is 3.39. The Balaban J connectivity index is 1.41. The van der Waals surface area contributed by atoms with Gasteiger partial charge in [0.15, 0.2) is 0 Å². The number of carboxylic acids is 1. The second-order valence-corrected chi connectivity index (χ2v) is 9.64. The summed E-state index contributed by atoms with van der Waals surface area (Å²) in [5, 5.41) is 28.0. The molecule has 1 aliphatic carbocycles. The molecule has 8 heteroatoms. The van der Waals surface area contributed by atoms with Crippen molar-refractivity contribution >= 4 is 28.3 Å². The predicted octanol–water partition coefficient (Wildman–Crippen LogP) is 5.06.